The molecular formula is C17H18FNO. The monoisotopic (exact) mass is 271 g/mol. The minimum absolute atomic E-state index is 0.195. The number of benzene rings is 2. The number of fused-ring (bicyclic) bond motifs is 1. The van der Waals surface area contributed by atoms with Crippen LogP contribution in [0, 0.1) is 5.82 Å². The van der Waals surface area contributed by atoms with Gasteiger partial charge >= 0.3 is 0 Å². The number of nitrogens with one attached hydrogen (secondary N) is 1. The second kappa shape index (κ2) is 5.63. The van der Waals surface area contributed by atoms with Gasteiger partial charge in [0.1, 0.15) is 11.6 Å². The first-order valence-corrected chi connectivity index (χ1v) is 6.94. The van der Waals surface area contributed by atoms with E-state index in [0.29, 0.717) is 5.92 Å². The van der Waals surface area contributed by atoms with Gasteiger partial charge in [-0.1, -0.05) is 30.3 Å². The zero-order valence-corrected chi connectivity index (χ0v) is 11.5. The molecule has 1 aliphatic rings. The van der Waals surface area contributed by atoms with Crippen molar-refractivity contribution in [1.82, 2.24) is 5.32 Å². The summed E-state index contributed by atoms with van der Waals surface area (Å²) in [5.41, 5.74) is 2.37. The molecule has 2 aromatic carbocycles. The van der Waals surface area contributed by atoms with Gasteiger partial charge in [0, 0.05) is 24.1 Å². The number of hydrogen-bond acceptors (Lipinski definition) is 2. The van der Waals surface area contributed by atoms with Crippen LogP contribution in [0.1, 0.15) is 30.0 Å². The molecule has 2 atom stereocenters. The number of ether oxygens (including phenoxy) is 1. The Balaban J connectivity index is 1.62. The van der Waals surface area contributed by atoms with E-state index < -0.39 is 0 Å². The van der Waals surface area contributed by atoms with E-state index in [4.69, 9.17) is 4.74 Å². The molecule has 1 heterocycles. The molecule has 0 spiro atoms. The van der Waals surface area contributed by atoms with E-state index >= 15 is 0 Å². The van der Waals surface area contributed by atoms with Gasteiger partial charge in [-0.3, -0.25) is 0 Å². The molecule has 0 radical (unpaired) electrons. The zero-order valence-electron chi connectivity index (χ0n) is 11.5. The fourth-order valence-electron chi connectivity index (χ4n) is 2.59. The minimum Gasteiger partial charge on any atom is -0.493 e. The summed E-state index contributed by atoms with van der Waals surface area (Å²) in [6.45, 7) is 3.67. The Morgan fingerprint density at radius 1 is 1.20 bits per heavy atom. The number of para-hydroxylation sites is 1. The molecule has 0 aromatic heterocycles. The van der Waals surface area contributed by atoms with E-state index in [0.717, 1.165) is 24.5 Å². The molecule has 3 rings (SSSR count). The summed E-state index contributed by atoms with van der Waals surface area (Å²) >= 11 is 0. The minimum atomic E-state index is -0.195. The predicted octanol–water partition coefficient (Wildman–Crippen LogP) is 3.65. The molecule has 1 unspecified atom stereocenters. The molecule has 3 heteroatoms. The van der Waals surface area contributed by atoms with Crippen LogP contribution in [0.2, 0.25) is 0 Å². The van der Waals surface area contributed by atoms with E-state index in [9.17, 15) is 4.39 Å². The summed E-state index contributed by atoms with van der Waals surface area (Å²) < 4.78 is 18.6. The van der Waals surface area contributed by atoms with Crippen molar-refractivity contribution in [3.8, 4) is 5.75 Å². The third-order valence-electron chi connectivity index (χ3n) is 3.84. The smallest absolute Gasteiger partial charge is 0.123 e. The molecule has 0 saturated carbocycles. The zero-order chi connectivity index (χ0) is 13.9. The van der Waals surface area contributed by atoms with Crippen molar-refractivity contribution in [2.24, 2.45) is 0 Å². The largest absolute Gasteiger partial charge is 0.493 e. The van der Waals surface area contributed by atoms with Crippen molar-refractivity contribution >= 4 is 0 Å². The molecule has 0 amide bonds. The van der Waals surface area contributed by atoms with Crippen LogP contribution in [0.5, 0.6) is 5.75 Å². The average molecular weight is 271 g/mol. The lowest BCUT2D eigenvalue weighted by Crippen LogP contribution is -2.25. The molecule has 1 N–H and O–H groups in total. The van der Waals surface area contributed by atoms with Crippen LogP contribution in [0.4, 0.5) is 4.39 Å². The predicted molar refractivity (Wildman–Crippen MR) is 77.5 cm³/mol. The van der Waals surface area contributed by atoms with E-state index in [-0.39, 0.29) is 11.9 Å². The molecule has 0 fully saturated rings. The first-order valence-electron chi connectivity index (χ1n) is 6.94. The van der Waals surface area contributed by atoms with Gasteiger partial charge in [0.25, 0.3) is 0 Å². The Morgan fingerprint density at radius 3 is 2.75 bits per heavy atom. The maximum Gasteiger partial charge on any atom is 0.123 e. The molecule has 1 aliphatic heterocycles. The summed E-state index contributed by atoms with van der Waals surface area (Å²) in [5, 5.41) is 3.50. The summed E-state index contributed by atoms with van der Waals surface area (Å²) in [6.07, 6.45) is 0. The van der Waals surface area contributed by atoms with Crippen LogP contribution < -0.4 is 10.1 Å². The van der Waals surface area contributed by atoms with Gasteiger partial charge in [-0.2, -0.15) is 0 Å². The summed E-state index contributed by atoms with van der Waals surface area (Å²) in [6, 6.07) is 15.0. The first-order chi connectivity index (χ1) is 9.74. The maximum absolute atomic E-state index is 12.9. The lowest BCUT2D eigenvalue weighted by molar-refractivity contribution is 0.323. The van der Waals surface area contributed by atoms with Crippen LogP contribution in [-0.4, -0.2) is 13.2 Å². The normalized spacial score (nSPS) is 18.4. The standard InChI is InChI=1S/C17H18FNO/c1-12(13-6-8-15(18)9-7-13)19-10-14-11-20-17-5-3-2-4-16(14)17/h2-9,12,14,19H,10-11H2,1H3/t12-,14?/m1/s1. The topological polar surface area (TPSA) is 21.3 Å². The molecule has 0 aliphatic carbocycles. The number of halogens is 1. The Labute approximate surface area is 118 Å². The first kappa shape index (κ1) is 13.1. The third-order valence-corrected chi connectivity index (χ3v) is 3.84. The van der Waals surface area contributed by atoms with Gasteiger partial charge in [0.2, 0.25) is 0 Å². The highest BCUT2D eigenvalue weighted by molar-refractivity contribution is 5.39. The fourth-order valence-corrected chi connectivity index (χ4v) is 2.59. The SMILES string of the molecule is C[C@@H](NCC1COc2ccccc21)c1ccc(F)cc1. The molecule has 2 nitrogen and oxygen atoms in total. The molecule has 104 valence electrons. The number of hydrogen-bond donors (Lipinski definition) is 1. The van der Waals surface area contributed by atoms with Crippen molar-refractivity contribution in [2.45, 2.75) is 18.9 Å². The van der Waals surface area contributed by atoms with Crippen molar-refractivity contribution < 1.29 is 9.13 Å². The highest BCUT2D eigenvalue weighted by Gasteiger charge is 2.23. The molecule has 20 heavy (non-hydrogen) atoms. The van der Waals surface area contributed by atoms with E-state index in [1.165, 1.54) is 17.7 Å². The van der Waals surface area contributed by atoms with Gasteiger partial charge in [0.05, 0.1) is 6.61 Å². The third kappa shape index (κ3) is 2.68. The summed E-state index contributed by atoms with van der Waals surface area (Å²) in [4.78, 5) is 0. The second-order valence-electron chi connectivity index (χ2n) is 5.23. The highest BCUT2D eigenvalue weighted by Crippen LogP contribution is 2.33. The van der Waals surface area contributed by atoms with Crippen LogP contribution in [0.25, 0.3) is 0 Å². The molecule has 2 aromatic rings. The van der Waals surface area contributed by atoms with Crippen LogP contribution in [-0.2, 0) is 0 Å². The van der Waals surface area contributed by atoms with Gasteiger partial charge in [-0.15, -0.1) is 0 Å². The lowest BCUT2D eigenvalue weighted by Gasteiger charge is -2.17. The average Bonchev–Trinajstić information content (AvgIpc) is 2.89. The van der Waals surface area contributed by atoms with Gasteiger partial charge in [0.15, 0.2) is 0 Å². The van der Waals surface area contributed by atoms with Crippen LogP contribution >= 0.6 is 0 Å². The highest BCUT2D eigenvalue weighted by atomic mass is 19.1. The van der Waals surface area contributed by atoms with E-state index in [2.05, 4.69) is 18.3 Å². The van der Waals surface area contributed by atoms with Crippen molar-refractivity contribution in [3.05, 3.63) is 65.5 Å². The Bertz CT molecular complexity index is 582. The molecular weight excluding hydrogens is 253 g/mol. The van der Waals surface area contributed by atoms with E-state index in [1.807, 2.05) is 30.3 Å². The van der Waals surface area contributed by atoms with Crippen LogP contribution in [0.3, 0.4) is 0 Å². The molecule has 0 bridgehead atoms. The van der Waals surface area contributed by atoms with Gasteiger partial charge in [-0.25, -0.2) is 4.39 Å². The fraction of sp³-hybridized carbons (Fsp3) is 0.294. The summed E-state index contributed by atoms with van der Waals surface area (Å²) in [5.74, 6) is 1.18. The lowest BCUT2D eigenvalue weighted by atomic mass is 10.0. The Morgan fingerprint density at radius 2 is 1.95 bits per heavy atom. The van der Waals surface area contributed by atoms with Crippen molar-refractivity contribution in [1.29, 1.82) is 0 Å². The van der Waals surface area contributed by atoms with Crippen molar-refractivity contribution in [3.63, 3.8) is 0 Å². The maximum atomic E-state index is 12.9. The quantitative estimate of drug-likeness (QED) is 0.916. The molecule has 0 saturated heterocycles. The summed E-state index contributed by atoms with van der Waals surface area (Å²) in [7, 11) is 0. The van der Waals surface area contributed by atoms with E-state index in [1.54, 1.807) is 0 Å². The number of rotatable bonds is 4. The second-order valence-corrected chi connectivity index (χ2v) is 5.23. The van der Waals surface area contributed by atoms with Crippen molar-refractivity contribution in [2.75, 3.05) is 13.2 Å². The van der Waals surface area contributed by atoms with Gasteiger partial charge in [-0.05, 0) is 30.7 Å². The van der Waals surface area contributed by atoms with Crippen LogP contribution in [0.15, 0.2) is 48.5 Å². The Kier molecular flexibility index (Phi) is 3.70. The Hall–Kier alpha value is -1.87. The van der Waals surface area contributed by atoms with Gasteiger partial charge < -0.3 is 10.1 Å².